The van der Waals surface area contributed by atoms with Crippen LogP contribution in [0.25, 0.3) is 0 Å². The summed E-state index contributed by atoms with van der Waals surface area (Å²) in [6.45, 7) is 0.454. The molecular formula is C18H17F3N2O5. The van der Waals surface area contributed by atoms with Gasteiger partial charge in [0, 0.05) is 6.54 Å². The molecule has 7 nitrogen and oxygen atoms in total. The molecule has 0 radical (unpaired) electrons. The Kier molecular flexibility index (Phi) is 6.45. The minimum Gasteiger partial charge on any atom is -0.480 e. The molecule has 2 rings (SSSR count). The summed E-state index contributed by atoms with van der Waals surface area (Å²) in [5, 5.41) is 11.4. The number of nitrogens with one attached hydrogen (secondary N) is 1. The molecule has 2 amide bonds. The number of nitrogens with zero attached hydrogens (tertiary/aromatic N) is 1. The lowest BCUT2D eigenvalue weighted by molar-refractivity contribution is -0.145. The molecule has 0 aliphatic rings. The highest BCUT2D eigenvalue weighted by Crippen LogP contribution is 2.29. The molecule has 0 bridgehead atoms. The number of carbonyl (C=O) groups excluding carboxylic acids is 2. The van der Waals surface area contributed by atoms with Crippen molar-refractivity contribution in [2.24, 2.45) is 0 Å². The number of hydrogen-bond acceptors (Lipinski definition) is 4. The Labute approximate surface area is 157 Å². The third-order valence-electron chi connectivity index (χ3n) is 3.76. The molecule has 1 aromatic carbocycles. The maximum absolute atomic E-state index is 12.6. The predicted octanol–water partition coefficient (Wildman–Crippen LogP) is 2.53. The van der Waals surface area contributed by atoms with Crippen LogP contribution < -0.4 is 5.32 Å². The van der Waals surface area contributed by atoms with E-state index in [0.29, 0.717) is 5.56 Å². The summed E-state index contributed by atoms with van der Waals surface area (Å²) >= 11 is 0. The van der Waals surface area contributed by atoms with Crippen LogP contribution in [0.2, 0.25) is 0 Å². The lowest BCUT2D eigenvalue weighted by Crippen LogP contribution is -2.48. The number of furan rings is 1. The maximum atomic E-state index is 12.6. The van der Waals surface area contributed by atoms with Crippen molar-refractivity contribution >= 4 is 17.8 Å². The van der Waals surface area contributed by atoms with E-state index < -0.39 is 42.1 Å². The smallest absolute Gasteiger partial charge is 0.416 e. The lowest BCUT2D eigenvalue weighted by atomic mass is 10.1. The van der Waals surface area contributed by atoms with E-state index >= 15 is 0 Å². The van der Waals surface area contributed by atoms with Gasteiger partial charge in [-0.05, 0) is 36.8 Å². The van der Waals surface area contributed by atoms with Crippen LogP contribution in [0.4, 0.5) is 13.2 Å². The van der Waals surface area contributed by atoms with Gasteiger partial charge in [0.05, 0.1) is 11.8 Å². The topological polar surface area (TPSA) is 99.9 Å². The SMILES string of the molecule is CC(NC(=O)c1ccco1)C(=O)N(CC(=O)O)Cc1ccc(C(F)(F)F)cc1. The number of carboxylic acids is 1. The summed E-state index contributed by atoms with van der Waals surface area (Å²) in [6.07, 6.45) is -3.22. The first-order valence-electron chi connectivity index (χ1n) is 8.09. The second kappa shape index (κ2) is 8.59. The first-order chi connectivity index (χ1) is 13.1. The van der Waals surface area contributed by atoms with Crippen molar-refractivity contribution in [3.8, 4) is 0 Å². The fourth-order valence-electron chi connectivity index (χ4n) is 2.41. The summed E-state index contributed by atoms with van der Waals surface area (Å²) in [5.74, 6) is -2.69. The van der Waals surface area contributed by atoms with Crippen LogP contribution in [0.1, 0.15) is 28.6 Å². The van der Waals surface area contributed by atoms with Gasteiger partial charge in [0.2, 0.25) is 5.91 Å². The number of rotatable bonds is 7. The van der Waals surface area contributed by atoms with Crippen molar-refractivity contribution in [3.05, 3.63) is 59.5 Å². The molecule has 2 aromatic rings. The van der Waals surface area contributed by atoms with E-state index in [0.717, 1.165) is 29.2 Å². The van der Waals surface area contributed by atoms with Gasteiger partial charge in [0.25, 0.3) is 5.91 Å². The van der Waals surface area contributed by atoms with Crippen LogP contribution in [-0.4, -0.2) is 40.4 Å². The molecular weight excluding hydrogens is 381 g/mol. The Hall–Kier alpha value is -3.30. The van der Waals surface area contributed by atoms with Crippen molar-refractivity contribution in [1.82, 2.24) is 10.2 Å². The molecule has 2 N–H and O–H groups in total. The zero-order valence-electron chi connectivity index (χ0n) is 14.7. The predicted molar refractivity (Wildman–Crippen MR) is 90.1 cm³/mol. The summed E-state index contributed by atoms with van der Waals surface area (Å²) in [4.78, 5) is 36.5. The highest BCUT2D eigenvalue weighted by atomic mass is 19.4. The number of halogens is 3. The number of carbonyl (C=O) groups is 3. The largest absolute Gasteiger partial charge is 0.480 e. The van der Waals surface area contributed by atoms with E-state index in [1.807, 2.05) is 0 Å². The number of aliphatic carboxylic acids is 1. The standard InChI is InChI=1S/C18H17F3N2O5/c1-11(22-16(26)14-3-2-8-28-14)17(27)23(10-15(24)25)9-12-4-6-13(7-5-12)18(19,20)21/h2-8,11H,9-10H2,1H3,(H,22,26)(H,24,25). The van der Waals surface area contributed by atoms with Gasteiger partial charge in [-0.1, -0.05) is 12.1 Å². The fourth-order valence-corrected chi connectivity index (χ4v) is 2.41. The van der Waals surface area contributed by atoms with Crippen molar-refractivity contribution < 1.29 is 37.1 Å². The molecule has 0 spiro atoms. The van der Waals surface area contributed by atoms with Crippen LogP contribution in [0.15, 0.2) is 47.1 Å². The van der Waals surface area contributed by atoms with Gasteiger partial charge in [-0.3, -0.25) is 14.4 Å². The van der Waals surface area contributed by atoms with Gasteiger partial charge >= 0.3 is 12.1 Å². The van der Waals surface area contributed by atoms with Gasteiger partial charge in [-0.2, -0.15) is 13.2 Å². The normalized spacial score (nSPS) is 12.3. The minimum atomic E-state index is -4.50. The summed E-state index contributed by atoms with van der Waals surface area (Å²) in [6, 6.07) is 5.83. The average molecular weight is 398 g/mol. The van der Waals surface area contributed by atoms with Crippen molar-refractivity contribution in [1.29, 1.82) is 0 Å². The van der Waals surface area contributed by atoms with Crippen LogP contribution in [0, 0.1) is 0 Å². The maximum Gasteiger partial charge on any atom is 0.416 e. The Balaban J connectivity index is 2.10. The van der Waals surface area contributed by atoms with E-state index in [1.165, 1.54) is 25.3 Å². The van der Waals surface area contributed by atoms with E-state index in [9.17, 15) is 27.6 Å². The van der Waals surface area contributed by atoms with Crippen LogP contribution in [-0.2, 0) is 22.3 Å². The van der Waals surface area contributed by atoms with Gasteiger partial charge in [0.15, 0.2) is 5.76 Å². The van der Waals surface area contributed by atoms with Gasteiger partial charge in [-0.15, -0.1) is 0 Å². The van der Waals surface area contributed by atoms with E-state index in [2.05, 4.69) is 5.32 Å². The summed E-state index contributed by atoms with van der Waals surface area (Å²) in [5.41, 5.74) is -0.543. The number of benzene rings is 1. The van der Waals surface area contributed by atoms with E-state index in [1.54, 1.807) is 0 Å². The molecule has 28 heavy (non-hydrogen) atoms. The van der Waals surface area contributed by atoms with Gasteiger partial charge in [-0.25, -0.2) is 0 Å². The van der Waals surface area contributed by atoms with Crippen molar-refractivity contribution in [2.75, 3.05) is 6.54 Å². The van der Waals surface area contributed by atoms with Gasteiger partial charge in [0.1, 0.15) is 12.6 Å². The number of hydrogen-bond donors (Lipinski definition) is 2. The molecule has 1 unspecified atom stereocenters. The molecule has 0 aliphatic carbocycles. The second-order valence-electron chi connectivity index (χ2n) is 5.96. The average Bonchev–Trinajstić information content (AvgIpc) is 3.14. The van der Waals surface area contributed by atoms with Crippen LogP contribution >= 0.6 is 0 Å². The van der Waals surface area contributed by atoms with Crippen molar-refractivity contribution in [3.63, 3.8) is 0 Å². The zero-order chi connectivity index (χ0) is 20.9. The molecule has 150 valence electrons. The van der Waals surface area contributed by atoms with Crippen molar-refractivity contribution in [2.45, 2.75) is 25.7 Å². The Bertz CT molecular complexity index is 832. The lowest BCUT2D eigenvalue weighted by Gasteiger charge is -2.25. The molecule has 1 atom stereocenters. The third-order valence-corrected chi connectivity index (χ3v) is 3.76. The second-order valence-corrected chi connectivity index (χ2v) is 5.96. The zero-order valence-corrected chi connectivity index (χ0v) is 14.7. The monoisotopic (exact) mass is 398 g/mol. The van der Waals surface area contributed by atoms with Crippen LogP contribution in [0.3, 0.4) is 0 Å². The molecule has 0 aliphatic heterocycles. The molecule has 0 fully saturated rings. The van der Waals surface area contributed by atoms with Crippen LogP contribution in [0.5, 0.6) is 0 Å². The van der Waals surface area contributed by atoms with E-state index in [-0.39, 0.29) is 12.3 Å². The quantitative estimate of drug-likeness (QED) is 0.747. The first-order valence-corrected chi connectivity index (χ1v) is 8.09. The molecule has 0 saturated carbocycles. The first kappa shape index (κ1) is 21.0. The van der Waals surface area contributed by atoms with Gasteiger partial charge < -0.3 is 19.7 Å². The Morgan fingerprint density at radius 2 is 1.82 bits per heavy atom. The highest BCUT2D eigenvalue weighted by Gasteiger charge is 2.30. The molecule has 0 saturated heterocycles. The Morgan fingerprint density at radius 3 is 2.32 bits per heavy atom. The minimum absolute atomic E-state index is 0.0211. The molecule has 10 heteroatoms. The van der Waals surface area contributed by atoms with E-state index in [4.69, 9.17) is 9.52 Å². The molecule has 1 heterocycles. The number of amides is 2. The number of alkyl halides is 3. The number of carboxylic acid groups (broad SMARTS) is 1. The highest BCUT2D eigenvalue weighted by molar-refractivity contribution is 5.95. The molecule has 1 aromatic heterocycles. The third kappa shape index (κ3) is 5.60. The fraction of sp³-hybridized carbons (Fsp3) is 0.278. The summed E-state index contributed by atoms with van der Waals surface area (Å²) < 4.78 is 42.8. The Morgan fingerprint density at radius 1 is 1.18 bits per heavy atom. The summed E-state index contributed by atoms with van der Waals surface area (Å²) in [7, 11) is 0.